The number of hydrogen-bond acceptors (Lipinski definition) is 2. The van der Waals surface area contributed by atoms with Gasteiger partial charge in [0.05, 0.1) is 12.1 Å². The van der Waals surface area contributed by atoms with E-state index in [1.807, 2.05) is 12.1 Å². The second-order valence-corrected chi connectivity index (χ2v) is 4.54. The summed E-state index contributed by atoms with van der Waals surface area (Å²) in [5.41, 5.74) is 1.15. The van der Waals surface area contributed by atoms with E-state index in [4.69, 9.17) is 4.74 Å². The zero-order valence-electron chi connectivity index (χ0n) is 8.16. The van der Waals surface area contributed by atoms with Gasteiger partial charge in [0.25, 0.3) is 0 Å². The highest BCUT2D eigenvalue weighted by Crippen LogP contribution is 2.21. The van der Waals surface area contributed by atoms with E-state index in [1.165, 1.54) is 0 Å². The Labute approximate surface area is 92.8 Å². The van der Waals surface area contributed by atoms with Crippen molar-refractivity contribution in [2.24, 2.45) is 0 Å². The molecule has 76 valence electrons. The second-order valence-electron chi connectivity index (χ2n) is 3.63. The van der Waals surface area contributed by atoms with E-state index in [0.717, 1.165) is 23.2 Å². The van der Waals surface area contributed by atoms with Crippen LogP contribution in [0.4, 0.5) is 5.69 Å². The molecule has 2 nitrogen and oxygen atoms in total. The van der Waals surface area contributed by atoms with Crippen molar-refractivity contribution in [1.29, 1.82) is 0 Å². The second kappa shape index (κ2) is 4.32. The van der Waals surface area contributed by atoms with Crippen LogP contribution >= 0.6 is 15.9 Å². The quantitative estimate of drug-likeness (QED) is 0.878. The first kappa shape index (κ1) is 9.99. The largest absolute Gasteiger partial charge is 0.380 e. The van der Waals surface area contributed by atoms with Gasteiger partial charge in [-0.25, -0.2) is 0 Å². The van der Waals surface area contributed by atoms with Crippen LogP contribution < -0.4 is 5.32 Å². The van der Waals surface area contributed by atoms with Crippen molar-refractivity contribution in [3.63, 3.8) is 0 Å². The average molecular weight is 256 g/mol. The maximum atomic E-state index is 5.49. The van der Waals surface area contributed by atoms with E-state index in [1.54, 1.807) is 0 Å². The molecule has 1 fully saturated rings. The summed E-state index contributed by atoms with van der Waals surface area (Å²) in [4.78, 5) is 0. The Kier molecular flexibility index (Phi) is 3.08. The predicted octanol–water partition coefficient (Wildman–Crippen LogP) is 3.04. The summed E-state index contributed by atoms with van der Waals surface area (Å²) in [5.74, 6) is 0. The van der Waals surface area contributed by atoms with Gasteiger partial charge in [-0.1, -0.05) is 22.0 Å². The summed E-state index contributed by atoms with van der Waals surface area (Å²) in [7, 11) is 0. The van der Waals surface area contributed by atoms with Crippen molar-refractivity contribution in [3.8, 4) is 0 Å². The first-order valence-corrected chi connectivity index (χ1v) is 5.69. The van der Waals surface area contributed by atoms with Crippen molar-refractivity contribution >= 4 is 21.6 Å². The number of nitrogens with one attached hydrogen (secondary N) is 1. The minimum atomic E-state index is 0.314. The molecular formula is C11H14BrNO. The number of benzene rings is 1. The molecule has 0 amide bonds. The molecule has 1 aromatic carbocycles. The lowest BCUT2D eigenvalue weighted by molar-refractivity contribution is 0.121. The lowest BCUT2D eigenvalue weighted by Gasteiger charge is -2.17. The Hall–Kier alpha value is -0.540. The highest BCUT2D eigenvalue weighted by atomic mass is 79.9. The molecular weight excluding hydrogens is 242 g/mol. The van der Waals surface area contributed by atoms with Gasteiger partial charge in [-0.15, -0.1) is 0 Å². The summed E-state index contributed by atoms with van der Waals surface area (Å²) in [5, 5.41) is 3.48. The van der Waals surface area contributed by atoms with Gasteiger partial charge >= 0.3 is 0 Å². The topological polar surface area (TPSA) is 21.3 Å². The van der Waals surface area contributed by atoms with Crippen LogP contribution in [0.15, 0.2) is 28.7 Å². The molecule has 14 heavy (non-hydrogen) atoms. The Bertz CT molecular complexity index is 316. The first-order chi connectivity index (χ1) is 6.75. The zero-order chi connectivity index (χ0) is 9.97. The molecule has 1 aliphatic rings. The van der Waals surface area contributed by atoms with Gasteiger partial charge in [0, 0.05) is 16.8 Å². The molecule has 2 atom stereocenters. The molecule has 0 bridgehead atoms. The van der Waals surface area contributed by atoms with Gasteiger partial charge in [0.15, 0.2) is 0 Å². The molecule has 1 N–H and O–H groups in total. The SMILES string of the molecule is C[C@H]1OCC[C@H]1Nc1cccc(Br)c1. The van der Waals surface area contributed by atoms with Gasteiger partial charge < -0.3 is 10.1 Å². The molecule has 1 saturated heterocycles. The van der Waals surface area contributed by atoms with E-state index >= 15 is 0 Å². The van der Waals surface area contributed by atoms with Gasteiger partial charge in [-0.3, -0.25) is 0 Å². The van der Waals surface area contributed by atoms with Crippen LogP contribution in [-0.4, -0.2) is 18.8 Å². The molecule has 0 unspecified atom stereocenters. The third-order valence-corrected chi connectivity index (χ3v) is 3.05. The van der Waals surface area contributed by atoms with Gasteiger partial charge in [-0.05, 0) is 31.5 Å². The molecule has 1 aliphatic heterocycles. The standard InChI is InChI=1S/C11H14BrNO/c1-8-11(5-6-14-8)13-10-4-2-3-9(12)7-10/h2-4,7-8,11,13H,5-6H2,1H3/t8-,11-/m1/s1. The first-order valence-electron chi connectivity index (χ1n) is 4.89. The van der Waals surface area contributed by atoms with E-state index in [0.29, 0.717) is 12.1 Å². The Morgan fingerprint density at radius 1 is 1.50 bits per heavy atom. The lowest BCUT2D eigenvalue weighted by Crippen LogP contribution is -2.26. The van der Waals surface area contributed by atoms with Crippen molar-refractivity contribution in [2.75, 3.05) is 11.9 Å². The number of halogens is 1. The van der Waals surface area contributed by atoms with Crippen LogP contribution in [0.1, 0.15) is 13.3 Å². The molecule has 1 heterocycles. The minimum absolute atomic E-state index is 0.314. The molecule has 0 spiro atoms. The van der Waals surface area contributed by atoms with Crippen LogP contribution in [-0.2, 0) is 4.74 Å². The van der Waals surface area contributed by atoms with Gasteiger partial charge in [0.2, 0.25) is 0 Å². The minimum Gasteiger partial charge on any atom is -0.380 e. The molecule has 2 rings (SSSR count). The summed E-state index contributed by atoms with van der Waals surface area (Å²) >= 11 is 3.46. The summed E-state index contributed by atoms with van der Waals surface area (Å²) in [6, 6.07) is 8.68. The highest BCUT2D eigenvalue weighted by Gasteiger charge is 2.23. The predicted molar refractivity (Wildman–Crippen MR) is 61.6 cm³/mol. The fourth-order valence-electron chi connectivity index (χ4n) is 1.71. The molecule has 0 aromatic heterocycles. The fourth-order valence-corrected chi connectivity index (χ4v) is 2.11. The normalized spacial score (nSPS) is 26.4. The van der Waals surface area contributed by atoms with Crippen molar-refractivity contribution in [2.45, 2.75) is 25.5 Å². The smallest absolute Gasteiger partial charge is 0.0748 e. The van der Waals surface area contributed by atoms with Crippen LogP contribution in [0.5, 0.6) is 0 Å². The Morgan fingerprint density at radius 2 is 2.36 bits per heavy atom. The Morgan fingerprint density at radius 3 is 3.00 bits per heavy atom. The monoisotopic (exact) mass is 255 g/mol. The van der Waals surface area contributed by atoms with Gasteiger partial charge in [0.1, 0.15) is 0 Å². The zero-order valence-corrected chi connectivity index (χ0v) is 9.75. The highest BCUT2D eigenvalue weighted by molar-refractivity contribution is 9.10. The lowest BCUT2D eigenvalue weighted by atomic mass is 10.1. The van der Waals surface area contributed by atoms with Crippen molar-refractivity contribution < 1.29 is 4.74 Å². The van der Waals surface area contributed by atoms with Crippen molar-refractivity contribution in [1.82, 2.24) is 0 Å². The van der Waals surface area contributed by atoms with E-state index in [-0.39, 0.29) is 0 Å². The van der Waals surface area contributed by atoms with Crippen LogP contribution in [0, 0.1) is 0 Å². The van der Waals surface area contributed by atoms with Gasteiger partial charge in [-0.2, -0.15) is 0 Å². The molecule has 0 radical (unpaired) electrons. The van der Waals surface area contributed by atoms with Crippen LogP contribution in [0.2, 0.25) is 0 Å². The maximum absolute atomic E-state index is 5.49. The van der Waals surface area contributed by atoms with E-state index in [9.17, 15) is 0 Å². The van der Waals surface area contributed by atoms with Crippen LogP contribution in [0.25, 0.3) is 0 Å². The third kappa shape index (κ3) is 2.28. The Balaban J connectivity index is 2.03. The van der Waals surface area contributed by atoms with E-state index in [2.05, 4.69) is 40.3 Å². The van der Waals surface area contributed by atoms with Crippen LogP contribution in [0.3, 0.4) is 0 Å². The molecule has 1 aromatic rings. The molecule has 0 aliphatic carbocycles. The summed E-state index contributed by atoms with van der Waals surface area (Å²) < 4.78 is 6.60. The molecule has 3 heteroatoms. The van der Waals surface area contributed by atoms with Crippen molar-refractivity contribution in [3.05, 3.63) is 28.7 Å². The average Bonchev–Trinajstić information content (AvgIpc) is 2.52. The fraction of sp³-hybridized carbons (Fsp3) is 0.455. The number of hydrogen-bond donors (Lipinski definition) is 1. The van der Waals surface area contributed by atoms with E-state index < -0.39 is 0 Å². The number of ether oxygens (including phenoxy) is 1. The maximum Gasteiger partial charge on any atom is 0.0748 e. The molecule has 0 saturated carbocycles. The number of rotatable bonds is 2. The third-order valence-electron chi connectivity index (χ3n) is 2.55. The number of anilines is 1. The summed E-state index contributed by atoms with van der Waals surface area (Å²) in [6.45, 7) is 2.98. The summed E-state index contributed by atoms with van der Waals surface area (Å²) in [6.07, 6.45) is 1.40.